The second-order valence-electron chi connectivity index (χ2n) is 4.32. The topological polar surface area (TPSA) is 18.5 Å². The molecule has 1 aromatic rings. The Morgan fingerprint density at radius 1 is 0.929 bits per heavy atom. The van der Waals surface area contributed by atoms with Crippen molar-refractivity contribution >= 4 is 0 Å². The van der Waals surface area contributed by atoms with Crippen LogP contribution in [0.25, 0.3) is 0 Å². The summed E-state index contributed by atoms with van der Waals surface area (Å²) in [7, 11) is 3.30. The van der Waals surface area contributed by atoms with E-state index in [0.29, 0.717) is 0 Å². The summed E-state index contributed by atoms with van der Waals surface area (Å²) >= 11 is 0. The molecule has 0 fully saturated rings. The first-order chi connectivity index (χ1) is 6.49. The minimum atomic E-state index is 0.138. The summed E-state index contributed by atoms with van der Waals surface area (Å²) in [5, 5.41) is 0. The summed E-state index contributed by atoms with van der Waals surface area (Å²) in [6.45, 7) is 6.52. The summed E-state index contributed by atoms with van der Waals surface area (Å²) in [6.07, 6.45) is 0. The predicted octanol–water partition coefficient (Wildman–Crippen LogP) is 3.00. The molecule has 0 aliphatic rings. The molecule has 0 unspecified atom stereocenters. The molecule has 0 aliphatic carbocycles. The van der Waals surface area contributed by atoms with Gasteiger partial charge < -0.3 is 9.47 Å². The van der Waals surface area contributed by atoms with Crippen LogP contribution in [0.15, 0.2) is 18.2 Å². The average Bonchev–Trinajstić information content (AvgIpc) is 2.15. The lowest BCUT2D eigenvalue weighted by Crippen LogP contribution is -2.11. The largest absolute Gasteiger partial charge is 0.493 e. The lowest BCUT2D eigenvalue weighted by molar-refractivity contribution is 0.353. The van der Waals surface area contributed by atoms with Crippen LogP contribution in [0.4, 0.5) is 0 Å². The molecule has 1 rings (SSSR count). The minimum absolute atomic E-state index is 0.138. The number of hydrogen-bond acceptors (Lipinski definition) is 2. The van der Waals surface area contributed by atoms with Gasteiger partial charge in [0.1, 0.15) is 0 Å². The Hall–Kier alpha value is -1.18. The van der Waals surface area contributed by atoms with Crippen molar-refractivity contribution in [3.8, 4) is 11.5 Å². The van der Waals surface area contributed by atoms with Crippen LogP contribution in [0, 0.1) is 0 Å². The molecule has 2 nitrogen and oxygen atoms in total. The van der Waals surface area contributed by atoms with Crippen molar-refractivity contribution in [3.05, 3.63) is 23.8 Å². The minimum Gasteiger partial charge on any atom is -0.493 e. The molecule has 0 bridgehead atoms. The zero-order valence-corrected chi connectivity index (χ0v) is 9.55. The third-order valence-corrected chi connectivity index (χ3v) is 2.25. The fraction of sp³-hybridized carbons (Fsp3) is 0.500. The zero-order valence-electron chi connectivity index (χ0n) is 9.55. The van der Waals surface area contributed by atoms with Crippen LogP contribution in [-0.4, -0.2) is 14.2 Å². The molecule has 0 saturated heterocycles. The lowest BCUT2D eigenvalue weighted by atomic mass is 9.87. The van der Waals surface area contributed by atoms with Crippen LogP contribution in [0.5, 0.6) is 11.5 Å². The molecule has 1 aromatic carbocycles. The van der Waals surface area contributed by atoms with E-state index in [9.17, 15) is 0 Å². The first kappa shape index (κ1) is 10.9. The molecule has 0 heterocycles. The Balaban J connectivity index is 3.14. The molecule has 0 amide bonds. The van der Waals surface area contributed by atoms with Crippen LogP contribution in [-0.2, 0) is 5.41 Å². The Morgan fingerprint density at radius 2 is 1.50 bits per heavy atom. The van der Waals surface area contributed by atoms with Gasteiger partial charge in [0.2, 0.25) is 0 Å². The van der Waals surface area contributed by atoms with Crippen LogP contribution < -0.4 is 9.47 Å². The molecule has 0 atom stereocenters. The van der Waals surface area contributed by atoms with E-state index in [0.717, 1.165) is 11.5 Å². The van der Waals surface area contributed by atoms with Crippen molar-refractivity contribution in [2.75, 3.05) is 14.2 Å². The molecule has 2 heteroatoms. The standard InChI is InChI=1S/C12H18O2/c1-12(2,3)9-6-7-10(13-4)11(8-9)14-5/h6-8H,1-5H3. The third-order valence-electron chi connectivity index (χ3n) is 2.25. The van der Waals surface area contributed by atoms with Gasteiger partial charge in [0.05, 0.1) is 14.2 Å². The molecular weight excluding hydrogens is 176 g/mol. The highest BCUT2D eigenvalue weighted by atomic mass is 16.5. The van der Waals surface area contributed by atoms with Gasteiger partial charge in [-0.3, -0.25) is 0 Å². The molecule has 78 valence electrons. The van der Waals surface area contributed by atoms with E-state index >= 15 is 0 Å². The van der Waals surface area contributed by atoms with Crippen LogP contribution in [0.1, 0.15) is 26.3 Å². The Kier molecular flexibility index (Phi) is 3.04. The van der Waals surface area contributed by atoms with Crippen molar-refractivity contribution in [1.29, 1.82) is 0 Å². The van der Waals surface area contributed by atoms with Crippen molar-refractivity contribution in [2.24, 2.45) is 0 Å². The number of ether oxygens (including phenoxy) is 2. The van der Waals surface area contributed by atoms with Gasteiger partial charge in [-0.15, -0.1) is 0 Å². The molecule has 0 radical (unpaired) electrons. The molecule has 0 spiro atoms. The normalized spacial score (nSPS) is 11.2. The van der Waals surface area contributed by atoms with Crippen molar-refractivity contribution < 1.29 is 9.47 Å². The number of hydrogen-bond donors (Lipinski definition) is 0. The summed E-state index contributed by atoms with van der Waals surface area (Å²) < 4.78 is 10.4. The van der Waals surface area contributed by atoms with Gasteiger partial charge >= 0.3 is 0 Å². The molecule has 0 aromatic heterocycles. The summed E-state index contributed by atoms with van der Waals surface area (Å²) in [5.74, 6) is 1.57. The molecule has 0 N–H and O–H groups in total. The molecule has 14 heavy (non-hydrogen) atoms. The van der Waals surface area contributed by atoms with Gasteiger partial charge in [0.15, 0.2) is 11.5 Å². The second-order valence-corrected chi connectivity index (χ2v) is 4.32. The van der Waals surface area contributed by atoms with Crippen molar-refractivity contribution in [2.45, 2.75) is 26.2 Å². The van der Waals surface area contributed by atoms with Gasteiger partial charge in [-0.25, -0.2) is 0 Å². The summed E-state index contributed by atoms with van der Waals surface area (Å²) in [5.41, 5.74) is 1.38. The Labute approximate surface area is 85.8 Å². The number of methoxy groups -OCH3 is 2. The second kappa shape index (κ2) is 3.91. The highest BCUT2D eigenvalue weighted by Gasteiger charge is 2.15. The van der Waals surface area contributed by atoms with Crippen molar-refractivity contribution in [1.82, 2.24) is 0 Å². The van der Waals surface area contributed by atoms with E-state index < -0.39 is 0 Å². The number of rotatable bonds is 2. The SMILES string of the molecule is COc1ccc(C(C)(C)C)cc1OC. The zero-order chi connectivity index (χ0) is 10.8. The number of benzene rings is 1. The Bertz CT molecular complexity index is 311. The van der Waals surface area contributed by atoms with E-state index in [1.807, 2.05) is 12.1 Å². The third kappa shape index (κ3) is 2.19. The maximum Gasteiger partial charge on any atom is 0.161 e. The van der Waals surface area contributed by atoms with E-state index in [2.05, 4.69) is 26.8 Å². The van der Waals surface area contributed by atoms with Gasteiger partial charge in [-0.1, -0.05) is 26.8 Å². The summed E-state index contributed by atoms with van der Waals surface area (Å²) in [6, 6.07) is 6.04. The first-order valence-corrected chi connectivity index (χ1v) is 4.71. The van der Waals surface area contributed by atoms with Crippen molar-refractivity contribution in [3.63, 3.8) is 0 Å². The van der Waals surface area contributed by atoms with Gasteiger partial charge in [0.25, 0.3) is 0 Å². The smallest absolute Gasteiger partial charge is 0.161 e. The van der Waals surface area contributed by atoms with Gasteiger partial charge in [-0.05, 0) is 23.1 Å². The monoisotopic (exact) mass is 194 g/mol. The maximum absolute atomic E-state index is 5.25. The molecule has 0 aliphatic heterocycles. The van der Waals surface area contributed by atoms with Crippen LogP contribution in [0.3, 0.4) is 0 Å². The van der Waals surface area contributed by atoms with Crippen LogP contribution >= 0.6 is 0 Å². The first-order valence-electron chi connectivity index (χ1n) is 4.71. The van der Waals surface area contributed by atoms with Gasteiger partial charge in [-0.2, -0.15) is 0 Å². The predicted molar refractivity (Wildman–Crippen MR) is 58.2 cm³/mol. The van der Waals surface area contributed by atoms with Gasteiger partial charge in [0, 0.05) is 0 Å². The highest BCUT2D eigenvalue weighted by Crippen LogP contribution is 2.32. The van der Waals surface area contributed by atoms with E-state index in [1.165, 1.54) is 5.56 Å². The molecule has 0 saturated carbocycles. The lowest BCUT2D eigenvalue weighted by Gasteiger charge is -2.20. The highest BCUT2D eigenvalue weighted by molar-refractivity contribution is 5.44. The fourth-order valence-corrected chi connectivity index (χ4v) is 1.30. The fourth-order valence-electron chi connectivity index (χ4n) is 1.30. The van der Waals surface area contributed by atoms with Crippen LogP contribution in [0.2, 0.25) is 0 Å². The quantitative estimate of drug-likeness (QED) is 0.720. The van der Waals surface area contributed by atoms with E-state index in [1.54, 1.807) is 14.2 Å². The Morgan fingerprint density at radius 3 is 1.93 bits per heavy atom. The summed E-state index contributed by atoms with van der Waals surface area (Å²) in [4.78, 5) is 0. The average molecular weight is 194 g/mol. The van der Waals surface area contributed by atoms with E-state index in [4.69, 9.17) is 9.47 Å². The maximum atomic E-state index is 5.25. The molecular formula is C12H18O2. The van der Waals surface area contributed by atoms with E-state index in [-0.39, 0.29) is 5.41 Å².